The molecule has 1 aliphatic rings. The molecule has 0 aromatic heterocycles. The minimum absolute atomic E-state index is 0.712. The zero-order chi connectivity index (χ0) is 12.3. The second-order valence-corrected chi connectivity index (χ2v) is 5.65. The highest BCUT2D eigenvalue weighted by Crippen LogP contribution is 2.19. The smallest absolute Gasteiger partial charge is 0.0237 e. The van der Waals surface area contributed by atoms with Gasteiger partial charge in [-0.3, -0.25) is 4.90 Å². The normalized spacial score (nSPS) is 20.1. The van der Waals surface area contributed by atoms with Crippen LogP contribution in [0, 0.1) is 6.92 Å². The average Bonchev–Trinajstić information content (AvgIpc) is 2.84. The molecule has 1 unspecified atom stereocenters. The van der Waals surface area contributed by atoms with Gasteiger partial charge in [-0.25, -0.2) is 0 Å². The van der Waals surface area contributed by atoms with Crippen LogP contribution >= 0.6 is 15.9 Å². The molecule has 3 heteroatoms. The number of hydrogen-bond acceptors (Lipinski definition) is 2. The Hall–Kier alpha value is -0.380. The van der Waals surface area contributed by atoms with E-state index in [0.717, 1.165) is 19.6 Å². The van der Waals surface area contributed by atoms with E-state index in [4.69, 9.17) is 0 Å². The van der Waals surface area contributed by atoms with E-state index >= 15 is 0 Å². The van der Waals surface area contributed by atoms with Crippen molar-refractivity contribution in [3.05, 3.63) is 33.8 Å². The summed E-state index contributed by atoms with van der Waals surface area (Å²) in [7, 11) is 0. The SMILES string of the molecule is CCN(Cc1ccc(Br)c(C)c1)C1CCNC1. The van der Waals surface area contributed by atoms with Crippen LogP contribution in [0.25, 0.3) is 0 Å². The van der Waals surface area contributed by atoms with Crippen LogP contribution in [0.2, 0.25) is 0 Å². The number of likely N-dealkylation sites (N-methyl/N-ethyl adjacent to an activating group) is 1. The number of hydrogen-bond donors (Lipinski definition) is 1. The Kier molecular flexibility index (Phi) is 4.60. The lowest BCUT2D eigenvalue weighted by molar-refractivity contribution is 0.210. The van der Waals surface area contributed by atoms with E-state index in [-0.39, 0.29) is 0 Å². The summed E-state index contributed by atoms with van der Waals surface area (Å²) in [5, 5.41) is 3.44. The van der Waals surface area contributed by atoms with E-state index in [9.17, 15) is 0 Å². The third kappa shape index (κ3) is 3.30. The van der Waals surface area contributed by atoms with Crippen LogP contribution in [0.3, 0.4) is 0 Å². The maximum Gasteiger partial charge on any atom is 0.0237 e. The summed E-state index contributed by atoms with van der Waals surface area (Å²) in [5.74, 6) is 0. The topological polar surface area (TPSA) is 15.3 Å². The lowest BCUT2D eigenvalue weighted by Crippen LogP contribution is -2.36. The van der Waals surface area contributed by atoms with Crippen molar-refractivity contribution in [2.24, 2.45) is 0 Å². The molecule has 0 aliphatic carbocycles. The fourth-order valence-electron chi connectivity index (χ4n) is 2.49. The molecule has 1 N–H and O–H groups in total. The van der Waals surface area contributed by atoms with Crippen molar-refractivity contribution in [3.63, 3.8) is 0 Å². The Labute approximate surface area is 113 Å². The highest BCUT2D eigenvalue weighted by Gasteiger charge is 2.20. The van der Waals surface area contributed by atoms with Crippen LogP contribution in [0.4, 0.5) is 0 Å². The lowest BCUT2D eigenvalue weighted by atomic mass is 10.1. The summed E-state index contributed by atoms with van der Waals surface area (Å²) >= 11 is 3.56. The molecule has 1 atom stereocenters. The number of rotatable bonds is 4. The molecule has 2 nitrogen and oxygen atoms in total. The maximum absolute atomic E-state index is 3.56. The van der Waals surface area contributed by atoms with E-state index in [2.05, 4.69) is 58.2 Å². The highest BCUT2D eigenvalue weighted by atomic mass is 79.9. The first-order valence-electron chi connectivity index (χ1n) is 6.40. The predicted octanol–water partition coefficient (Wildman–Crippen LogP) is 2.94. The largest absolute Gasteiger partial charge is 0.315 e. The van der Waals surface area contributed by atoms with Crippen molar-refractivity contribution >= 4 is 15.9 Å². The van der Waals surface area contributed by atoms with Crippen molar-refractivity contribution in [1.29, 1.82) is 0 Å². The van der Waals surface area contributed by atoms with E-state index in [0.29, 0.717) is 6.04 Å². The molecule has 0 radical (unpaired) electrons. The van der Waals surface area contributed by atoms with Crippen LogP contribution in [-0.2, 0) is 6.54 Å². The lowest BCUT2D eigenvalue weighted by Gasteiger charge is -2.27. The van der Waals surface area contributed by atoms with Gasteiger partial charge in [0.2, 0.25) is 0 Å². The van der Waals surface area contributed by atoms with Crippen molar-refractivity contribution in [3.8, 4) is 0 Å². The molecule has 94 valence electrons. The van der Waals surface area contributed by atoms with Crippen LogP contribution in [0.1, 0.15) is 24.5 Å². The Balaban J connectivity index is 2.04. The van der Waals surface area contributed by atoms with Crippen molar-refractivity contribution in [2.45, 2.75) is 32.9 Å². The van der Waals surface area contributed by atoms with Crippen LogP contribution in [-0.4, -0.2) is 30.6 Å². The minimum Gasteiger partial charge on any atom is -0.315 e. The first kappa shape index (κ1) is 13.1. The van der Waals surface area contributed by atoms with E-state index in [1.165, 1.54) is 28.6 Å². The van der Waals surface area contributed by atoms with Gasteiger partial charge in [0.25, 0.3) is 0 Å². The highest BCUT2D eigenvalue weighted by molar-refractivity contribution is 9.10. The third-order valence-corrected chi connectivity index (χ3v) is 4.45. The molecule has 1 saturated heterocycles. The maximum atomic E-state index is 3.56. The van der Waals surface area contributed by atoms with Gasteiger partial charge in [0.05, 0.1) is 0 Å². The van der Waals surface area contributed by atoms with Gasteiger partial charge in [-0.2, -0.15) is 0 Å². The third-order valence-electron chi connectivity index (χ3n) is 3.56. The van der Waals surface area contributed by atoms with Crippen molar-refractivity contribution in [1.82, 2.24) is 10.2 Å². The summed E-state index contributed by atoms with van der Waals surface area (Å²) in [6, 6.07) is 7.38. The first-order valence-corrected chi connectivity index (χ1v) is 7.19. The Morgan fingerprint density at radius 2 is 2.29 bits per heavy atom. The molecule has 1 aromatic carbocycles. The second kappa shape index (κ2) is 5.98. The van der Waals surface area contributed by atoms with Gasteiger partial charge < -0.3 is 5.32 Å². The van der Waals surface area contributed by atoms with Gasteiger partial charge in [-0.1, -0.05) is 35.0 Å². The number of nitrogens with zero attached hydrogens (tertiary/aromatic N) is 1. The Bertz CT molecular complexity index is 372. The molecule has 1 fully saturated rings. The molecular weight excluding hydrogens is 276 g/mol. The molecule has 2 rings (SSSR count). The van der Waals surface area contributed by atoms with Gasteiger partial charge in [0, 0.05) is 23.6 Å². The van der Waals surface area contributed by atoms with Crippen LogP contribution < -0.4 is 5.32 Å². The number of benzene rings is 1. The van der Waals surface area contributed by atoms with Gasteiger partial charge in [0.15, 0.2) is 0 Å². The Morgan fingerprint density at radius 1 is 1.47 bits per heavy atom. The molecule has 0 amide bonds. The zero-order valence-corrected chi connectivity index (χ0v) is 12.3. The molecule has 1 aliphatic heterocycles. The van der Waals surface area contributed by atoms with E-state index in [1.807, 2.05) is 0 Å². The number of aryl methyl sites for hydroxylation is 1. The first-order chi connectivity index (χ1) is 8.20. The fraction of sp³-hybridized carbons (Fsp3) is 0.571. The van der Waals surface area contributed by atoms with Crippen LogP contribution in [0.15, 0.2) is 22.7 Å². The molecule has 1 heterocycles. The summed E-state index contributed by atoms with van der Waals surface area (Å²) in [6.45, 7) is 8.91. The van der Waals surface area contributed by atoms with Gasteiger partial charge in [-0.05, 0) is 43.6 Å². The minimum atomic E-state index is 0.712. The van der Waals surface area contributed by atoms with Gasteiger partial charge in [-0.15, -0.1) is 0 Å². The predicted molar refractivity (Wildman–Crippen MR) is 76.2 cm³/mol. The van der Waals surface area contributed by atoms with Crippen LogP contribution in [0.5, 0.6) is 0 Å². The summed E-state index contributed by atoms with van der Waals surface area (Å²) in [5.41, 5.74) is 2.74. The van der Waals surface area contributed by atoms with Crippen molar-refractivity contribution in [2.75, 3.05) is 19.6 Å². The van der Waals surface area contributed by atoms with E-state index < -0.39 is 0 Å². The quantitative estimate of drug-likeness (QED) is 0.919. The average molecular weight is 297 g/mol. The van der Waals surface area contributed by atoms with Gasteiger partial charge >= 0.3 is 0 Å². The molecule has 0 spiro atoms. The second-order valence-electron chi connectivity index (χ2n) is 4.79. The zero-order valence-electron chi connectivity index (χ0n) is 10.7. The number of nitrogens with one attached hydrogen (secondary N) is 1. The summed E-state index contributed by atoms with van der Waals surface area (Å²) in [6.07, 6.45) is 1.28. The summed E-state index contributed by atoms with van der Waals surface area (Å²) < 4.78 is 1.20. The molecule has 0 bridgehead atoms. The number of halogens is 1. The standard InChI is InChI=1S/C14H21BrN2/c1-3-17(13-6-7-16-9-13)10-12-4-5-14(15)11(2)8-12/h4-5,8,13,16H,3,6-7,9-10H2,1-2H3. The fourth-order valence-corrected chi connectivity index (χ4v) is 2.74. The molecular formula is C14H21BrN2. The monoisotopic (exact) mass is 296 g/mol. The summed E-state index contributed by atoms with van der Waals surface area (Å²) in [4.78, 5) is 2.57. The molecule has 0 saturated carbocycles. The van der Waals surface area contributed by atoms with Gasteiger partial charge in [0.1, 0.15) is 0 Å². The molecule has 17 heavy (non-hydrogen) atoms. The van der Waals surface area contributed by atoms with Crippen molar-refractivity contribution < 1.29 is 0 Å². The Morgan fingerprint density at radius 3 is 2.88 bits per heavy atom. The van der Waals surface area contributed by atoms with E-state index in [1.54, 1.807) is 0 Å². The molecule has 1 aromatic rings.